The molecule has 0 radical (unpaired) electrons. The third kappa shape index (κ3) is 2.16. The first-order valence-corrected chi connectivity index (χ1v) is 5.75. The van der Waals surface area contributed by atoms with Crippen LogP contribution >= 0.6 is 0 Å². The molecule has 0 amide bonds. The van der Waals surface area contributed by atoms with Crippen molar-refractivity contribution in [1.82, 2.24) is 0 Å². The molecule has 0 spiro atoms. The number of hydrogen-bond acceptors (Lipinski definition) is 2. The van der Waals surface area contributed by atoms with Crippen molar-refractivity contribution in [2.75, 3.05) is 5.32 Å². The summed E-state index contributed by atoms with van der Waals surface area (Å²) < 4.78 is 0. The van der Waals surface area contributed by atoms with Crippen LogP contribution in [0.15, 0.2) is 30.0 Å². The molecule has 0 fully saturated rings. The number of benzene rings is 1. The van der Waals surface area contributed by atoms with Gasteiger partial charge in [0.25, 0.3) is 0 Å². The highest BCUT2D eigenvalue weighted by molar-refractivity contribution is 5.99. The maximum Gasteiger partial charge on any atom is 0.178 e. The first-order valence-electron chi connectivity index (χ1n) is 5.75. The van der Waals surface area contributed by atoms with Crippen LogP contribution in [0.1, 0.15) is 30.4 Å². The van der Waals surface area contributed by atoms with Crippen molar-refractivity contribution in [3.05, 3.63) is 41.1 Å². The maximum atomic E-state index is 11.7. The summed E-state index contributed by atoms with van der Waals surface area (Å²) in [5.74, 6) is 0.230. The molecule has 2 rings (SSSR count). The average Bonchev–Trinajstić information content (AvgIpc) is 2.26. The monoisotopic (exact) mass is 215 g/mol. The predicted molar refractivity (Wildman–Crippen MR) is 66.5 cm³/mol. The van der Waals surface area contributed by atoms with E-state index < -0.39 is 0 Å². The van der Waals surface area contributed by atoms with Crippen molar-refractivity contribution in [1.29, 1.82) is 0 Å². The molecule has 1 aliphatic carbocycles. The van der Waals surface area contributed by atoms with Gasteiger partial charge >= 0.3 is 0 Å². The van der Waals surface area contributed by atoms with Gasteiger partial charge in [-0.15, -0.1) is 0 Å². The third-order valence-corrected chi connectivity index (χ3v) is 3.00. The Morgan fingerprint density at radius 2 is 1.88 bits per heavy atom. The van der Waals surface area contributed by atoms with Crippen LogP contribution in [0, 0.1) is 13.8 Å². The lowest BCUT2D eigenvalue weighted by molar-refractivity contribution is -0.115. The number of nitrogens with one attached hydrogen (secondary N) is 1. The first-order chi connectivity index (χ1) is 7.68. The molecule has 1 aromatic carbocycles. The van der Waals surface area contributed by atoms with Gasteiger partial charge in [-0.1, -0.05) is 24.3 Å². The van der Waals surface area contributed by atoms with Gasteiger partial charge in [-0.2, -0.15) is 0 Å². The molecule has 1 aliphatic rings. The van der Waals surface area contributed by atoms with Gasteiger partial charge in [0.2, 0.25) is 0 Å². The maximum absolute atomic E-state index is 11.7. The van der Waals surface area contributed by atoms with Crippen LogP contribution in [0.5, 0.6) is 0 Å². The molecule has 84 valence electrons. The molecule has 0 saturated heterocycles. The van der Waals surface area contributed by atoms with Crippen LogP contribution in [0.2, 0.25) is 0 Å². The molecule has 0 saturated carbocycles. The first kappa shape index (κ1) is 10.9. The molecule has 2 nitrogen and oxygen atoms in total. The molecule has 2 heteroatoms. The van der Waals surface area contributed by atoms with Crippen molar-refractivity contribution >= 4 is 11.5 Å². The molecule has 0 unspecified atom stereocenters. The van der Waals surface area contributed by atoms with E-state index in [-0.39, 0.29) is 5.78 Å². The summed E-state index contributed by atoms with van der Waals surface area (Å²) in [6.45, 7) is 4.12. The largest absolute Gasteiger partial charge is 0.352 e. The fourth-order valence-electron chi connectivity index (χ4n) is 2.02. The Morgan fingerprint density at radius 1 is 1.19 bits per heavy atom. The number of para-hydroxylation sites is 1. The number of aryl methyl sites for hydroxylation is 2. The number of rotatable bonds is 2. The van der Waals surface area contributed by atoms with E-state index in [0.717, 1.165) is 24.2 Å². The third-order valence-electron chi connectivity index (χ3n) is 3.00. The van der Waals surface area contributed by atoms with Gasteiger partial charge in [0.15, 0.2) is 5.78 Å². The average molecular weight is 215 g/mol. The number of carbonyl (C=O) groups is 1. The Kier molecular flexibility index (Phi) is 3.09. The fraction of sp³-hybridized carbons (Fsp3) is 0.357. The second-order valence-corrected chi connectivity index (χ2v) is 4.33. The van der Waals surface area contributed by atoms with Gasteiger partial charge in [0, 0.05) is 12.1 Å². The fourth-order valence-corrected chi connectivity index (χ4v) is 2.02. The van der Waals surface area contributed by atoms with E-state index in [1.807, 2.05) is 12.1 Å². The standard InChI is InChI=1S/C14H17NO/c1-10-6-5-7-11(2)14(10)15-12-8-3-4-9-13(12)16/h5-8,15H,3-4,9H2,1-2H3. The lowest BCUT2D eigenvalue weighted by atomic mass is 10.0. The zero-order valence-corrected chi connectivity index (χ0v) is 9.84. The van der Waals surface area contributed by atoms with Crippen molar-refractivity contribution in [2.45, 2.75) is 33.1 Å². The summed E-state index contributed by atoms with van der Waals surface area (Å²) in [6, 6.07) is 6.15. The molecule has 0 aromatic heterocycles. The van der Waals surface area contributed by atoms with Gasteiger partial charge in [0.05, 0.1) is 5.70 Å². The zero-order valence-electron chi connectivity index (χ0n) is 9.84. The van der Waals surface area contributed by atoms with Gasteiger partial charge in [0.1, 0.15) is 0 Å². The van der Waals surface area contributed by atoms with E-state index in [9.17, 15) is 4.79 Å². The van der Waals surface area contributed by atoms with Gasteiger partial charge in [-0.3, -0.25) is 4.79 Å². The second kappa shape index (κ2) is 4.52. The molecular weight excluding hydrogens is 198 g/mol. The second-order valence-electron chi connectivity index (χ2n) is 4.33. The zero-order chi connectivity index (χ0) is 11.5. The van der Waals surface area contributed by atoms with Crippen LogP contribution in [0.25, 0.3) is 0 Å². The molecule has 0 aliphatic heterocycles. The highest BCUT2D eigenvalue weighted by Gasteiger charge is 2.14. The Morgan fingerprint density at radius 3 is 2.50 bits per heavy atom. The highest BCUT2D eigenvalue weighted by Crippen LogP contribution is 2.23. The predicted octanol–water partition coefficient (Wildman–Crippen LogP) is 3.35. The van der Waals surface area contributed by atoms with E-state index in [0.29, 0.717) is 6.42 Å². The highest BCUT2D eigenvalue weighted by atomic mass is 16.1. The normalized spacial score (nSPS) is 15.9. The van der Waals surface area contributed by atoms with Crippen molar-refractivity contribution < 1.29 is 4.79 Å². The van der Waals surface area contributed by atoms with E-state index >= 15 is 0 Å². The summed E-state index contributed by atoms with van der Waals surface area (Å²) >= 11 is 0. The number of Topliss-reactive ketones (excluding diaryl/α,β-unsaturated/α-hetero) is 1. The number of ketones is 1. The molecule has 1 aromatic rings. The molecule has 0 bridgehead atoms. The SMILES string of the molecule is Cc1cccc(C)c1NC1=CCCCC1=O. The minimum absolute atomic E-state index is 0.230. The Labute approximate surface area is 96.4 Å². The van der Waals surface area contributed by atoms with Gasteiger partial charge in [-0.05, 0) is 37.8 Å². The lowest BCUT2D eigenvalue weighted by Gasteiger charge is -2.17. The Bertz CT molecular complexity index is 426. The van der Waals surface area contributed by atoms with Gasteiger partial charge < -0.3 is 5.32 Å². The van der Waals surface area contributed by atoms with Crippen LogP contribution in [0.3, 0.4) is 0 Å². The Hall–Kier alpha value is -1.57. The summed E-state index contributed by atoms with van der Waals surface area (Å²) in [7, 11) is 0. The van der Waals surface area contributed by atoms with Crippen LogP contribution in [0.4, 0.5) is 5.69 Å². The molecule has 0 heterocycles. The number of carbonyl (C=O) groups excluding carboxylic acids is 1. The van der Waals surface area contributed by atoms with Crippen LogP contribution in [-0.2, 0) is 4.79 Å². The number of hydrogen-bond donors (Lipinski definition) is 1. The summed E-state index contributed by atoms with van der Waals surface area (Å²) in [6.07, 6.45) is 4.66. The quantitative estimate of drug-likeness (QED) is 0.819. The Balaban J connectivity index is 2.27. The molecule has 0 atom stereocenters. The summed E-state index contributed by atoms with van der Waals surface area (Å²) in [4.78, 5) is 11.7. The van der Waals surface area contributed by atoms with Crippen molar-refractivity contribution in [3.8, 4) is 0 Å². The smallest absolute Gasteiger partial charge is 0.178 e. The molecule has 16 heavy (non-hydrogen) atoms. The minimum Gasteiger partial charge on any atom is -0.352 e. The van der Waals surface area contributed by atoms with Crippen LogP contribution in [-0.4, -0.2) is 5.78 Å². The minimum atomic E-state index is 0.230. The summed E-state index contributed by atoms with van der Waals surface area (Å²) in [5, 5.41) is 3.28. The van der Waals surface area contributed by atoms with E-state index in [2.05, 4.69) is 31.3 Å². The number of anilines is 1. The van der Waals surface area contributed by atoms with E-state index in [1.165, 1.54) is 11.1 Å². The van der Waals surface area contributed by atoms with Crippen molar-refractivity contribution in [3.63, 3.8) is 0 Å². The van der Waals surface area contributed by atoms with Crippen LogP contribution < -0.4 is 5.32 Å². The van der Waals surface area contributed by atoms with Gasteiger partial charge in [-0.25, -0.2) is 0 Å². The molecule has 1 N–H and O–H groups in total. The van der Waals surface area contributed by atoms with E-state index in [1.54, 1.807) is 0 Å². The van der Waals surface area contributed by atoms with Crippen molar-refractivity contribution in [2.24, 2.45) is 0 Å². The topological polar surface area (TPSA) is 29.1 Å². The number of allylic oxidation sites excluding steroid dienone is 2. The summed E-state index contributed by atoms with van der Waals surface area (Å²) in [5.41, 5.74) is 4.20. The molecular formula is C14H17NO. The van der Waals surface area contributed by atoms with E-state index in [4.69, 9.17) is 0 Å². The lowest BCUT2D eigenvalue weighted by Crippen LogP contribution is -2.15.